The first kappa shape index (κ1) is 21.6. The summed E-state index contributed by atoms with van der Waals surface area (Å²) >= 11 is 1.11. The molecule has 0 radical (unpaired) electrons. The van der Waals surface area contributed by atoms with Gasteiger partial charge in [-0.15, -0.1) is 11.3 Å². The van der Waals surface area contributed by atoms with Gasteiger partial charge in [0.15, 0.2) is 0 Å². The van der Waals surface area contributed by atoms with Gasteiger partial charge < -0.3 is 5.32 Å². The molecule has 2 heterocycles. The predicted molar refractivity (Wildman–Crippen MR) is 116 cm³/mol. The van der Waals surface area contributed by atoms with Crippen LogP contribution in [0.2, 0.25) is 0 Å². The molecule has 2 aromatic heterocycles. The third-order valence-corrected chi connectivity index (χ3v) is 5.71. The molecule has 0 bridgehead atoms. The smallest absolute Gasteiger partial charge is 0.324 e. The molecular formula is C22H16F3N3O3S. The summed E-state index contributed by atoms with van der Waals surface area (Å²) in [6, 6.07) is 12.9. The van der Waals surface area contributed by atoms with Crippen LogP contribution in [0.5, 0.6) is 0 Å². The summed E-state index contributed by atoms with van der Waals surface area (Å²) in [5.74, 6) is -0.828. The standard InChI is InChI=1S/C22H16F3N3O3S/c1-13-5-4-6-14(11-13)28-20(30)19-17(9-10-32-19)27(21(28)31)12-18(29)26-16-8-3-2-7-15(16)22(23,24)25/h2-11H,12H2,1H3,(H,26,29). The van der Waals surface area contributed by atoms with Gasteiger partial charge >= 0.3 is 11.9 Å². The van der Waals surface area contributed by atoms with Crippen LogP contribution in [0.3, 0.4) is 0 Å². The lowest BCUT2D eigenvalue weighted by Gasteiger charge is -2.15. The molecule has 10 heteroatoms. The number of carbonyl (C=O) groups excluding carboxylic acids is 1. The number of para-hydroxylation sites is 1. The minimum Gasteiger partial charge on any atom is -0.324 e. The minimum atomic E-state index is -4.65. The summed E-state index contributed by atoms with van der Waals surface area (Å²) in [5, 5.41) is 3.84. The number of hydrogen-bond acceptors (Lipinski definition) is 4. The third-order valence-electron chi connectivity index (χ3n) is 4.82. The SMILES string of the molecule is Cc1cccc(-n2c(=O)c3sccc3n(CC(=O)Nc3ccccc3C(F)(F)F)c2=O)c1. The Bertz CT molecular complexity index is 1450. The summed E-state index contributed by atoms with van der Waals surface area (Å²) in [4.78, 5) is 38.8. The fraction of sp³-hybridized carbons (Fsp3) is 0.136. The largest absolute Gasteiger partial charge is 0.418 e. The van der Waals surface area contributed by atoms with Gasteiger partial charge in [-0.1, -0.05) is 24.3 Å². The molecule has 0 saturated heterocycles. The zero-order valence-corrected chi connectivity index (χ0v) is 17.5. The fourth-order valence-corrected chi connectivity index (χ4v) is 4.23. The molecule has 0 atom stereocenters. The second-order valence-electron chi connectivity index (χ2n) is 7.07. The van der Waals surface area contributed by atoms with Crippen molar-refractivity contribution in [1.82, 2.24) is 9.13 Å². The van der Waals surface area contributed by atoms with Gasteiger partial charge in [0.05, 0.1) is 22.5 Å². The zero-order valence-electron chi connectivity index (χ0n) is 16.6. The first-order valence-electron chi connectivity index (χ1n) is 9.43. The van der Waals surface area contributed by atoms with Gasteiger partial charge in [0.25, 0.3) is 5.56 Å². The Morgan fingerprint density at radius 2 is 1.81 bits per heavy atom. The van der Waals surface area contributed by atoms with Gasteiger partial charge in [-0.3, -0.25) is 14.2 Å². The number of thiophene rings is 1. The highest BCUT2D eigenvalue weighted by Gasteiger charge is 2.33. The molecule has 0 spiro atoms. The number of alkyl halides is 3. The van der Waals surface area contributed by atoms with E-state index in [-0.39, 0.29) is 10.2 Å². The molecule has 0 aliphatic heterocycles. The molecule has 164 valence electrons. The topological polar surface area (TPSA) is 73.1 Å². The van der Waals surface area contributed by atoms with Crippen LogP contribution in [0, 0.1) is 6.92 Å². The van der Waals surface area contributed by atoms with E-state index < -0.39 is 41.1 Å². The number of nitrogens with zero attached hydrogens (tertiary/aromatic N) is 2. The van der Waals surface area contributed by atoms with Crippen LogP contribution in [0.25, 0.3) is 15.9 Å². The summed E-state index contributed by atoms with van der Waals surface area (Å²) in [7, 11) is 0. The lowest BCUT2D eigenvalue weighted by molar-refractivity contribution is -0.137. The van der Waals surface area contributed by atoms with E-state index in [2.05, 4.69) is 5.32 Å². The van der Waals surface area contributed by atoms with E-state index >= 15 is 0 Å². The molecule has 2 aromatic carbocycles. The number of aryl methyl sites for hydroxylation is 1. The number of benzene rings is 2. The molecule has 0 unspecified atom stereocenters. The molecule has 1 N–H and O–H groups in total. The Morgan fingerprint density at radius 1 is 1.06 bits per heavy atom. The number of aromatic nitrogens is 2. The maximum absolute atomic E-state index is 13.2. The highest BCUT2D eigenvalue weighted by molar-refractivity contribution is 7.17. The van der Waals surface area contributed by atoms with Gasteiger partial charge in [0.1, 0.15) is 11.2 Å². The van der Waals surface area contributed by atoms with Gasteiger partial charge in [-0.05, 0) is 48.2 Å². The molecule has 32 heavy (non-hydrogen) atoms. The average Bonchev–Trinajstić information content (AvgIpc) is 3.21. The first-order valence-corrected chi connectivity index (χ1v) is 10.3. The molecule has 0 fully saturated rings. The number of rotatable bonds is 4. The van der Waals surface area contributed by atoms with Crippen LogP contribution in [-0.4, -0.2) is 15.0 Å². The molecular weight excluding hydrogens is 443 g/mol. The maximum Gasteiger partial charge on any atom is 0.418 e. The van der Waals surface area contributed by atoms with Crippen molar-refractivity contribution in [3.05, 3.63) is 91.9 Å². The Hall–Kier alpha value is -3.66. The lowest BCUT2D eigenvalue weighted by Crippen LogP contribution is -2.40. The van der Waals surface area contributed by atoms with E-state index in [9.17, 15) is 27.6 Å². The second kappa shape index (κ2) is 8.12. The monoisotopic (exact) mass is 459 g/mol. The van der Waals surface area contributed by atoms with E-state index in [0.717, 1.165) is 38.2 Å². The van der Waals surface area contributed by atoms with Crippen molar-refractivity contribution in [1.29, 1.82) is 0 Å². The fourth-order valence-electron chi connectivity index (χ4n) is 3.41. The number of nitrogens with one attached hydrogen (secondary N) is 1. The van der Waals surface area contributed by atoms with Crippen LogP contribution < -0.4 is 16.6 Å². The second-order valence-corrected chi connectivity index (χ2v) is 7.99. The maximum atomic E-state index is 13.2. The molecule has 0 aliphatic rings. The van der Waals surface area contributed by atoms with Crippen molar-refractivity contribution in [2.75, 3.05) is 5.32 Å². The molecule has 0 aliphatic carbocycles. The number of halogens is 3. The predicted octanol–water partition coefficient (Wildman–Crippen LogP) is 4.18. The van der Waals surface area contributed by atoms with Crippen molar-refractivity contribution in [3.63, 3.8) is 0 Å². The normalized spacial score (nSPS) is 11.6. The summed E-state index contributed by atoms with van der Waals surface area (Å²) in [5.41, 5.74) is -1.28. The minimum absolute atomic E-state index is 0.244. The summed E-state index contributed by atoms with van der Waals surface area (Å²) < 4.78 is 42.0. The zero-order chi connectivity index (χ0) is 23.0. The van der Waals surface area contributed by atoms with Crippen LogP contribution in [0.15, 0.2) is 69.6 Å². The number of hydrogen-bond donors (Lipinski definition) is 1. The number of fused-ring (bicyclic) bond motifs is 1. The Morgan fingerprint density at radius 3 is 2.53 bits per heavy atom. The van der Waals surface area contributed by atoms with E-state index in [4.69, 9.17) is 0 Å². The molecule has 6 nitrogen and oxygen atoms in total. The van der Waals surface area contributed by atoms with Gasteiger partial charge in [-0.2, -0.15) is 13.2 Å². The number of amides is 1. The first-order chi connectivity index (χ1) is 15.2. The van der Waals surface area contributed by atoms with E-state index in [1.807, 2.05) is 13.0 Å². The van der Waals surface area contributed by atoms with Gasteiger partial charge in [0.2, 0.25) is 5.91 Å². The van der Waals surface area contributed by atoms with Crippen LogP contribution >= 0.6 is 11.3 Å². The van der Waals surface area contributed by atoms with Crippen molar-refractivity contribution in [2.24, 2.45) is 0 Å². The summed E-state index contributed by atoms with van der Waals surface area (Å²) in [6.07, 6.45) is -4.65. The Kier molecular flexibility index (Phi) is 5.47. The quantitative estimate of drug-likeness (QED) is 0.498. The van der Waals surface area contributed by atoms with Crippen molar-refractivity contribution >= 4 is 33.1 Å². The van der Waals surface area contributed by atoms with E-state index in [1.165, 1.54) is 18.2 Å². The molecule has 4 rings (SSSR count). The van der Waals surface area contributed by atoms with Gasteiger partial charge in [-0.25, -0.2) is 9.36 Å². The number of anilines is 1. The van der Waals surface area contributed by atoms with Crippen molar-refractivity contribution in [3.8, 4) is 5.69 Å². The Balaban J connectivity index is 1.78. The van der Waals surface area contributed by atoms with E-state index in [0.29, 0.717) is 5.69 Å². The van der Waals surface area contributed by atoms with Crippen molar-refractivity contribution in [2.45, 2.75) is 19.6 Å². The van der Waals surface area contributed by atoms with Crippen LogP contribution in [-0.2, 0) is 17.5 Å². The highest BCUT2D eigenvalue weighted by Crippen LogP contribution is 2.34. The lowest BCUT2D eigenvalue weighted by atomic mass is 10.1. The molecule has 4 aromatic rings. The van der Waals surface area contributed by atoms with Crippen LogP contribution in [0.1, 0.15) is 11.1 Å². The molecule has 0 saturated carbocycles. The Labute approximate surface area is 183 Å². The number of carbonyl (C=O) groups is 1. The van der Waals surface area contributed by atoms with E-state index in [1.54, 1.807) is 23.6 Å². The third kappa shape index (κ3) is 3.96. The van der Waals surface area contributed by atoms with Gasteiger partial charge in [0, 0.05) is 0 Å². The molecule has 1 amide bonds. The average molecular weight is 459 g/mol. The van der Waals surface area contributed by atoms with Crippen molar-refractivity contribution < 1.29 is 18.0 Å². The summed E-state index contributed by atoms with van der Waals surface area (Å²) in [6.45, 7) is 1.24. The highest BCUT2D eigenvalue weighted by atomic mass is 32.1. The van der Waals surface area contributed by atoms with Crippen LogP contribution in [0.4, 0.5) is 18.9 Å².